The van der Waals surface area contributed by atoms with Gasteiger partial charge in [0.25, 0.3) is 11.5 Å². The maximum atomic E-state index is 12.3. The summed E-state index contributed by atoms with van der Waals surface area (Å²) < 4.78 is 1.21. The largest absolute Gasteiger partial charge is 0.341 e. The molecule has 0 radical (unpaired) electrons. The monoisotopic (exact) mass is 332 g/mol. The summed E-state index contributed by atoms with van der Waals surface area (Å²) in [6.07, 6.45) is 8.28. The Kier molecular flexibility index (Phi) is 3.32. The van der Waals surface area contributed by atoms with E-state index in [1.54, 1.807) is 6.20 Å². The van der Waals surface area contributed by atoms with Gasteiger partial charge in [-0.25, -0.2) is 9.50 Å². The fourth-order valence-electron chi connectivity index (χ4n) is 2.62. The number of carbonyl (C=O) groups is 1. The Bertz CT molecular complexity index is 1210. The molecule has 4 rings (SSSR count). The molecule has 0 aliphatic heterocycles. The van der Waals surface area contributed by atoms with Crippen LogP contribution in [0.25, 0.3) is 27.8 Å². The molecule has 0 bridgehead atoms. The van der Waals surface area contributed by atoms with E-state index < -0.39 is 5.91 Å². The molecule has 1 aromatic carbocycles. The number of aromatic nitrogens is 5. The van der Waals surface area contributed by atoms with Gasteiger partial charge >= 0.3 is 0 Å². The van der Waals surface area contributed by atoms with Crippen LogP contribution in [0, 0.1) is 12.3 Å². The minimum absolute atomic E-state index is 0.0945. The van der Waals surface area contributed by atoms with Crippen LogP contribution in [0.4, 0.5) is 0 Å². The zero-order valence-corrected chi connectivity index (χ0v) is 12.9. The summed E-state index contributed by atoms with van der Waals surface area (Å²) in [6.45, 7) is 0.0945. The van der Waals surface area contributed by atoms with Gasteiger partial charge in [0.1, 0.15) is 5.56 Å². The third-order valence-corrected chi connectivity index (χ3v) is 3.83. The highest BCUT2D eigenvalue weighted by Crippen LogP contribution is 2.22. The smallest absolute Gasteiger partial charge is 0.273 e. The number of carbonyl (C=O) groups excluding carboxylic acids is 1. The number of aromatic amines is 2. The normalized spacial score (nSPS) is 10.8. The number of terminal acetylenes is 1. The standard InChI is InChI=1S/C17H12N6O2/c1-2-5-18-17(25)12-9-20-23-15(24)7-14(21-16(12)23)10-3-4-13-11(6-10)8-19-22-13/h1,3-4,6-9,20H,5H2,(H,18,25)(H,19,22). The van der Waals surface area contributed by atoms with E-state index in [-0.39, 0.29) is 23.3 Å². The van der Waals surface area contributed by atoms with Crippen molar-refractivity contribution in [1.82, 2.24) is 30.1 Å². The number of nitrogens with zero attached hydrogens (tertiary/aromatic N) is 3. The first-order valence-corrected chi connectivity index (χ1v) is 7.44. The molecule has 122 valence electrons. The third kappa shape index (κ3) is 2.44. The second-order valence-corrected chi connectivity index (χ2v) is 5.38. The van der Waals surface area contributed by atoms with Crippen LogP contribution in [0.1, 0.15) is 10.4 Å². The molecule has 0 unspecified atom stereocenters. The van der Waals surface area contributed by atoms with Crippen LogP contribution < -0.4 is 10.9 Å². The Balaban J connectivity index is 1.86. The number of H-pyrrole nitrogens is 2. The molecule has 25 heavy (non-hydrogen) atoms. The van der Waals surface area contributed by atoms with Gasteiger partial charge in [0, 0.05) is 23.2 Å². The zero-order valence-electron chi connectivity index (χ0n) is 12.9. The fourth-order valence-corrected chi connectivity index (χ4v) is 2.62. The molecular formula is C17H12N6O2. The molecule has 3 heterocycles. The van der Waals surface area contributed by atoms with Crippen LogP contribution in [0.3, 0.4) is 0 Å². The Morgan fingerprint density at radius 2 is 2.24 bits per heavy atom. The number of fused-ring (bicyclic) bond motifs is 2. The number of hydrogen-bond donors (Lipinski definition) is 3. The van der Waals surface area contributed by atoms with Gasteiger partial charge in [0.15, 0.2) is 5.65 Å². The Morgan fingerprint density at radius 1 is 1.36 bits per heavy atom. The Labute approximate surface area is 140 Å². The van der Waals surface area contributed by atoms with Crippen LogP contribution in [-0.2, 0) is 0 Å². The predicted octanol–water partition coefficient (Wildman–Crippen LogP) is 0.929. The van der Waals surface area contributed by atoms with Crippen molar-refractivity contribution < 1.29 is 4.79 Å². The van der Waals surface area contributed by atoms with Crippen molar-refractivity contribution >= 4 is 22.5 Å². The SMILES string of the molecule is C#CCNC(=O)c1c[nH]n2c(=O)cc(-c3ccc4[nH]ncc4c3)nc12. The van der Waals surface area contributed by atoms with Gasteiger partial charge in [-0.05, 0) is 12.1 Å². The molecule has 0 saturated carbocycles. The first-order chi connectivity index (χ1) is 12.2. The molecule has 3 aromatic heterocycles. The molecule has 0 saturated heterocycles. The summed E-state index contributed by atoms with van der Waals surface area (Å²) >= 11 is 0. The Morgan fingerprint density at radius 3 is 3.08 bits per heavy atom. The van der Waals surface area contributed by atoms with E-state index >= 15 is 0 Å². The third-order valence-electron chi connectivity index (χ3n) is 3.83. The lowest BCUT2D eigenvalue weighted by molar-refractivity contribution is 0.0960. The van der Waals surface area contributed by atoms with E-state index in [9.17, 15) is 9.59 Å². The first-order valence-electron chi connectivity index (χ1n) is 7.44. The summed E-state index contributed by atoms with van der Waals surface area (Å²) in [6, 6.07) is 6.98. The van der Waals surface area contributed by atoms with Crippen molar-refractivity contribution in [3.63, 3.8) is 0 Å². The summed E-state index contributed by atoms with van der Waals surface area (Å²) in [7, 11) is 0. The van der Waals surface area contributed by atoms with Crippen molar-refractivity contribution in [3.8, 4) is 23.6 Å². The molecule has 8 heteroatoms. The molecule has 4 aromatic rings. The van der Waals surface area contributed by atoms with Gasteiger partial charge in [0.2, 0.25) is 0 Å². The van der Waals surface area contributed by atoms with Gasteiger partial charge in [-0.3, -0.25) is 19.8 Å². The number of rotatable bonds is 3. The van der Waals surface area contributed by atoms with Gasteiger partial charge < -0.3 is 5.32 Å². The van der Waals surface area contributed by atoms with Crippen molar-refractivity contribution in [1.29, 1.82) is 0 Å². The summed E-state index contributed by atoms with van der Waals surface area (Å²) in [5.41, 5.74) is 2.28. The molecule has 0 aliphatic carbocycles. The maximum absolute atomic E-state index is 12.3. The highest BCUT2D eigenvalue weighted by atomic mass is 16.2. The lowest BCUT2D eigenvalue weighted by Crippen LogP contribution is -2.24. The zero-order chi connectivity index (χ0) is 17.4. The molecular weight excluding hydrogens is 320 g/mol. The van der Waals surface area contributed by atoms with E-state index in [2.05, 4.69) is 31.5 Å². The minimum atomic E-state index is -0.397. The number of amides is 1. The first kappa shape index (κ1) is 14.7. The van der Waals surface area contributed by atoms with Crippen molar-refractivity contribution in [2.45, 2.75) is 0 Å². The Hall–Kier alpha value is -3.86. The summed E-state index contributed by atoms with van der Waals surface area (Å²) in [5, 5.41) is 13.0. The molecule has 1 amide bonds. The second kappa shape index (κ2) is 5.65. The molecule has 8 nitrogen and oxygen atoms in total. The number of benzene rings is 1. The topological polar surface area (TPSA) is 108 Å². The molecule has 3 N–H and O–H groups in total. The lowest BCUT2D eigenvalue weighted by Gasteiger charge is -2.03. The van der Waals surface area contributed by atoms with Crippen molar-refractivity contribution in [2.24, 2.45) is 0 Å². The summed E-state index contributed by atoms with van der Waals surface area (Å²) in [4.78, 5) is 29.0. The van der Waals surface area contributed by atoms with E-state index in [0.29, 0.717) is 5.69 Å². The van der Waals surface area contributed by atoms with Crippen LogP contribution in [0.5, 0.6) is 0 Å². The molecule has 0 fully saturated rings. The molecule has 0 aliphatic rings. The average Bonchev–Trinajstić information content (AvgIpc) is 3.25. The van der Waals surface area contributed by atoms with E-state index in [1.807, 2.05) is 18.2 Å². The predicted molar refractivity (Wildman–Crippen MR) is 92.1 cm³/mol. The van der Waals surface area contributed by atoms with E-state index in [4.69, 9.17) is 6.42 Å². The number of hydrogen-bond acceptors (Lipinski definition) is 4. The van der Waals surface area contributed by atoms with Crippen LogP contribution >= 0.6 is 0 Å². The van der Waals surface area contributed by atoms with Crippen molar-refractivity contribution in [2.75, 3.05) is 6.54 Å². The van der Waals surface area contributed by atoms with Gasteiger partial charge in [0.05, 0.1) is 24.0 Å². The lowest BCUT2D eigenvalue weighted by atomic mass is 10.1. The summed E-state index contributed by atoms with van der Waals surface area (Å²) in [5.74, 6) is 1.93. The highest BCUT2D eigenvalue weighted by molar-refractivity contribution is 6.00. The fraction of sp³-hybridized carbons (Fsp3) is 0.0588. The average molecular weight is 332 g/mol. The molecule has 0 spiro atoms. The second-order valence-electron chi connectivity index (χ2n) is 5.38. The minimum Gasteiger partial charge on any atom is -0.341 e. The van der Waals surface area contributed by atoms with Crippen molar-refractivity contribution in [3.05, 3.63) is 52.6 Å². The maximum Gasteiger partial charge on any atom is 0.273 e. The van der Waals surface area contributed by atoms with Gasteiger partial charge in [-0.15, -0.1) is 6.42 Å². The highest BCUT2D eigenvalue weighted by Gasteiger charge is 2.16. The quantitative estimate of drug-likeness (QED) is 0.485. The van der Waals surface area contributed by atoms with E-state index in [0.717, 1.165) is 16.5 Å². The van der Waals surface area contributed by atoms with Gasteiger partial charge in [-0.2, -0.15) is 5.10 Å². The van der Waals surface area contributed by atoms with Crippen LogP contribution in [0.15, 0.2) is 41.5 Å². The van der Waals surface area contributed by atoms with E-state index in [1.165, 1.54) is 16.8 Å². The molecule has 0 atom stereocenters. The van der Waals surface area contributed by atoms with Gasteiger partial charge in [-0.1, -0.05) is 12.0 Å². The number of nitrogens with one attached hydrogen (secondary N) is 3. The van der Waals surface area contributed by atoms with Crippen LogP contribution in [-0.4, -0.2) is 37.2 Å². The van der Waals surface area contributed by atoms with Crippen LogP contribution in [0.2, 0.25) is 0 Å².